The Labute approximate surface area is 105 Å². The van der Waals surface area contributed by atoms with E-state index in [1.165, 1.54) is 6.08 Å². The molecule has 1 heterocycles. The van der Waals surface area contributed by atoms with Crippen LogP contribution in [0.15, 0.2) is 36.2 Å². The van der Waals surface area contributed by atoms with Gasteiger partial charge >= 0.3 is 0 Å². The smallest absolute Gasteiger partial charge is 0.249 e. The van der Waals surface area contributed by atoms with Crippen LogP contribution in [0.3, 0.4) is 0 Å². The summed E-state index contributed by atoms with van der Waals surface area (Å²) in [5, 5.41) is 2.65. The summed E-state index contributed by atoms with van der Waals surface area (Å²) >= 11 is 4.29. The van der Waals surface area contributed by atoms with Gasteiger partial charge in [0.15, 0.2) is 5.50 Å². The van der Waals surface area contributed by atoms with Gasteiger partial charge in [0.2, 0.25) is 5.91 Å². The van der Waals surface area contributed by atoms with Crippen molar-refractivity contribution in [3.8, 4) is 5.75 Å². The Morgan fingerprint density at radius 3 is 2.82 bits per heavy atom. The number of nitrogens with one attached hydrogen (secondary N) is 1. The van der Waals surface area contributed by atoms with Gasteiger partial charge in [0.25, 0.3) is 0 Å². The quantitative estimate of drug-likeness (QED) is 0.675. The van der Waals surface area contributed by atoms with Crippen LogP contribution in [0.2, 0.25) is 0 Å². The molecule has 90 valence electrons. The second kappa shape index (κ2) is 4.58. The Morgan fingerprint density at radius 1 is 1.47 bits per heavy atom. The topological polar surface area (TPSA) is 67.6 Å². The van der Waals surface area contributed by atoms with Crippen LogP contribution in [-0.4, -0.2) is 18.5 Å². The molecule has 0 radical (unpaired) electrons. The number of ether oxygens (including phenoxy) is 1. The van der Waals surface area contributed by atoms with E-state index in [-0.39, 0.29) is 5.91 Å². The van der Waals surface area contributed by atoms with Crippen molar-refractivity contribution in [3.63, 3.8) is 0 Å². The molecular weight excluding hydrogens is 238 g/mol. The molecule has 1 aromatic carbocycles. The molecule has 0 saturated carbocycles. The second-order valence-electron chi connectivity index (χ2n) is 3.49. The number of thiol groups is 1. The molecule has 1 amide bonds. The molecule has 2 rings (SSSR count). The van der Waals surface area contributed by atoms with Gasteiger partial charge in [-0.1, -0.05) is 12.1 Å². The van der Waals surface area contributed by atoms with Gasteiger partial charge < -0.3 is 15.8 Å². The molecule has 6 heteroatoms. The molecular formula is C11H13N3O2S. The molecule has 1 aromatic rings. The van der Waals surface area contributed by atoms with Gasteiger partial charge in [0, 0.05) is 6.08 Å². The third-order valence-corrected chi connectivity index (χ3v) is 2.78. The summed E-state index contributed by atoms with van der Waals surface area (Å²) < 4.78 is 5.25. The Kier molecular flexibility index (Phi) is 3.14. The van der Waals surface area contributed by atoms with Crippen LogP contribution >= 0.6 is 12.6 Å². The van der Waals surface area contributed by atoms with Crippen molar-refractivity contribution >= 4 is 24.2 Å². The minimum absolute atomic E-state index is 0.256. The number of hydrogen-bond acceptors (Lipinski definition) is 5. The van der Waals surface area contributed by atoms with Gasteiger partial charge in [-0.2, -0.15) is 0 Å². The monoisotopic (exact) mass is 251 g/mol. The number of para-hydroxylation sites is 2. The van der Waals surface area contributed by atoms with E-state index in [0.29, 0.717) is 11.6 Å². The van der Waals surface area contributed by atoms with Crippen molar-refractivity contribution in [1.82, 2.24) is 5.32 Å². The zero-order valence-electron chi connectivity index (χ0n) is 9.25. The van der Waals surface area contributed by atoms with Gasteiger partial charge in [-0.05, 0) is 12.1 Å². The normalized spacial score (nSPS) is 19.6. The van der Waals surface area contributed by atoms with E-state index in [2.05, 4.69) is 17.9 Å². The number of amides is 1. The predicted molar refractivity (Wildman–Crippen MR) is 68.7 cm³/mol. The number of benzene rings is 1. The van der Waals surface area contributed by atoms with Crippen LogP contribution in [-0.2, 0) is 4.79 Å². The molecule has 0 spiro atoms. The maximum absolute atomic E-state index is 11.2. The molecule has 0 saturated heterocycles. The molecule has 1 aliphatic rings. The van der Waals surface area contributed by atoms with E-state index in [4.69, 9.17) is 10.5 Å². The fourth-order valence-corrected chi connectivity index (χ4v) is 2.06. The first-order valence-electron chi connectivity index (χ1n) is 5.01. The standard InChI is InChI=1S/C11H13N3O2S/c1-16-8-5-3-2-4-7(8)14-9(12)6-10(15)13-11(14)17/h2-6,11,17H,12H2,1H3,(H,13,15). The molecule has 0 aromatic heterocycles. The first kappa shape index (κ1) is 11.7. The lowest BCUT2D eigenvalue weighted by molar-refractivity contribution is -0.117. The van der Waals surface area contributed by atoms with E-state index in [1.807, 2.05) is 24.3 Å². The van der Waals surface area contributed by atoms with Gasteiger partial charge in [-0.15, -0.1) is 12.6 Å². The highest BCUT2D eigenvalue weighted by atomic mass is 32.1. The fourth-order valence-electron chi connectivity index (χ4n) is 1.68. The summed E-state index contributed by atoms with van der Waals surface area (Å²) in [7, 11) is 1.58. The number of nitrogens with zero attached hydrogens (tertiary/aromatic N) is 1. The number of methoxy groups -OCH3 is 1. The Hall–Kier alpha value is -1.82. The Morgan fingerprint density at radius 2 is 2.18 bits per heavy atom. The molecule has 1 unspecified atom stereocenters. The van der Waals surface area contributed by atoms with Crippen LogP contribution in [0, 0.1) is 0 Å². The average molecular weight is 251 g/mol. The molecule has 5 nitrogen and oxygen atoms in total. The van der Waals surface area contributed by atoms with Crippen molar-refractivity contribution in [2.24, 2.45) is 5.73 Å². The minimum atomic E-state index is -0.510. The van der Waals surface area contributed by atoms with Crippen molar-refractivity contribution in [3.05, 3.63) is 36.2 Å². The molecule has 0 bridgehead atoms. The third kappa shape index (κ3) is 2.16. The zero-order valence-corrected chi connectivity index (χ0v) is 10.1. The summed E-state index contributed by atoms with van der Waals surface area (Å²) in [6, 6.07) is 7.39. The van der Waals surface area contributed by atoms with Crippen molar-refractivity contribution < 1.29 is 9.53 Å². The first-order chi connectivity index (χ1) is 8.13. The highest BCUT2D eigenvalue weighted by molar-refractivity contribution is 7.81. The second-order valence-corrected chi connectivity index (χ2v) is 3.98. The van der Waals surface area contributed by atoms with Crippen LogP contribution < -0.4 is 20.7 Å². The highest BCUT2D eigenvalue weighted by Crippen LogP contribution is 2.32. The fraction of sp³-hybridized carbons (Fsp3) is 0.182. The number of nitrogens with two attached hydrogens (primary N) is 1. The highest BCUT2D eigenvalue weighted by Gasteiger charge is 2.26. The molecule has 17 heavy (non-hydrogen) atoms. The van der Waals surface area contributed by atoms with E-state index in [1.54, 1.807) is 12.0 Å². The number of carbonyl (C=O) groups excluding carboxylic acids is 1. The summed E-state index contributed by atoms with van der Waals surface area (Å²) in [6.07, 6.45) is 1.32. The van der Waals surface area contributed by atoms with Gasteiger partial charge in [-0.3, -0.25) is 9.69 Å². The SMILES string of the molecule is COc1ccccc1N1C(N)=CC(=O)NC1S. The van der Waals surface area contributed by atoms with Crippen LogP contribution in [0.4, 0.5) is 5.69 Å². The molecule has 1 aliphatic heterocycles. The molecule has 1 atom stereocenters. The van der Waals surface area contributed by atoms with Crippen molar-refractivity contribution in [2.45, 2.75) is 5.50 Å². The van der Waals surface area contributed by atoms with Crippen molar-refractivity contribution in [2.75, 3.05) is 12.0 Å². The van der Waals surface area contributed by atoms with E-state index in [9.17, 15) is 4.79 Å². The van der Waals surface area contributed by atoms with Gasteiger partial charge in [0.1, 0.15) is 11.6 Å². The minimum Gasteiger partial charge on any atom is -0.495 e. The van der Waals surface area contributed by atoms with Crippen molar-refractivity contribution in [1.29, 1.82) is 0 Å². The maximum atomic E-state index is 11.2. The lowest BCUT2D eigenvalue weighted by Gasteiger charge is -2.34. The number of carbonyl (C=O) groups is 1. The lowest BCUT2D eigenvalue weighted by atomic mass is 10.2. The zero-order chi connectivity index (χ0) is 12.4. The summed E-state index contributed by atoms with van der Waals surface area (Å²) in [5.41, 5.74) is 6.08. The summed E-state index contributed by atoms with van der Waals surface area (Å²) in [4.78, 5) is 12.9. The molecule has 3 N–H and O–H groups in total. The third-order valence-electron chi connectivity index (χ3n) is 2.42. The Bertz CT molecular complexity index is 476. The first-order valence-corrected chi connectivity index (χ1v) is 5.53. The molecule has 0 aliphatic carbocycles. The Balaban J connectivity index is 2.45. The van der Waals surface area contributed by atoms with E-state index >= 15 is 0 Å². The lowest BCUT2D eigenvalue weighted by Crippen LogP contribution is -2.50. The number of hydrogen-bond donors (Lipinski definition) is 3. The number of anilines is 1. The van der Waals surface area contributed by atoms with Gasteiger partial charge in [-0.25, -0.2) is 0 Å². The van der Waals surface area contributed by atoms with Crippen LogP contribution in [0.1, 0.15) is 0 Å². The van der Waals surface area contributed by atoms with Crippen LogP contribution in [0.25, 0.3) is 0 Å². The number of rotatable bonds is 2. The maximum Gasteiger partial charge on any atom is 0.249 e. The summed E-state index contributed by atoms with van der Waals surface area (Å²) in [6.45, 7) is 0. The summed E-state index contributed by atoms with van der Waals surface area (Å²) in [5.74, 6) is 0.742. The van der Waals surface area contributed by atoms with E-state index < -0.39 is 5.50 Å². The predicted octanol–water partition coefficient (Wildman–Crippen LogP) is 0.645. The van der Waals surface area contributed by atoms with Gasteiger partial charge in [0.05, 0.1) is 12.8 Å². The van der Waals surface area contributed by atoms with Crippen LogP contribution in [0.5, 0.6) is 5.75 Å². The average Bonchev–Trinajstić information content (AvgIpc) is 2.28. The van der Waals surface area contributed by atoms with E-state index in [0.717, 1.165) is 5.69 Å². The largest absolute Gasteiger partial charge is 0.495 e. The molecule has 0 fully saturated rings.